The van der Waals surface area contributed by atoms with E-state index in [9.17, 15) is 8.42 Å². The summed E-state index contributed by atoms with van der Waals surface area (Å²) in [5.41, 5.74) is 1.24. The molecule has 1 rings (SSSR count). The van der Waals surface area contributed by atoms with Gasteiger partial charge in [-0.1, -0.05) is 24.3 Å². The first-order valence-corrected chi connectivity index (χ1v) is 7.74. The third kappa shape index (κ3) is 4.50. The van der Waals surface area contributed by atoms with Gasteiger partial charge in [0.15, 0.2) is 9.84 Å². The molecule has 0 aliphatic heterocycles. The lowest BCUT2D eigenvalue weighted by molar-refractivity contribution is 0.473. The second-order valence-electron chi connectivity index (χ2n) is 5.26. The van der Waals surface area contributed by atoms with Gasteiger partial charge in [0.1, 0.15) is 0 Å². The first kappa shape index (κ1) is 14.7. The first-order valence-electron chi connectivity index (χ1n) is 5.92. The Morgan fingerprint density at radius 3 is 2.44 bits per heavy atom. The Hall–Kier alpha value is -1.34. The van der Waals surface area contributed by atoms with Crippen LogP contribution in [-0.4, -0.2) is 14.2 Å². The molecular weight excluding hydrogens is 246 g/mol. The molecule has 3 nitrogen and oxygen atoms in total. The first-order chi connectivity index (χ1) is 8.26. The lowest BCUT2D eigenvalue weighted by Crippen LogP contribution is -2.17. The summed E-state index contributed by atoms with van der Waals surface area (Å²) in [5.74, 6) is 0.114. The van der Waals surface area contributed by atoms with Crippen molar-refractivity contribution in [2.24, 2.45) is 5.41 Å². The zero-order valence-electron chi connectivity index (χ0n) is 11.1. The monoisotopic (exact) mass is 265 g/mol. The fourth-order valence-electron chi connectivity index (χ4n) is 1.55. The second kappa shape index (κ2) is 5.53. The highest BCUT2D eigenvalue weighted by atomic mass is 32.2. The molecule has 0 amide bonds. The molecule has 0 spiro atoms. The minimum Gasteiger partial charge on any atom is -0.228 e. The maximum Gasteiger partial charge on any atom is 0.154 e. The van der Waals surface area contributed by atoms with E-state index in [0.29, 0.717) is 6.42 Å². The molecule has 0 unspecified atom stereocenters. The molecule has 1 aromatic rings. The Morgan fingerprint density at radius 2 is 1.89 bits per heavy atom. The number of benzene rings is 1. The van der Waals surface area contributed by atoms with Crippen LogP contribution in [0.15, 0.2) is 24.3 Å². The molecule has 0 aromatic heterocycles. The highest BCUT2D eigenvalue weighted by molar-refractivity contribution is 7.90. The summed E-state index contributed by atoms with van der Waals surface area (Å²) in [6.07, 6.45) is 0.373. The van der Waals surface area contributed by atoms with Crippen molar-refractivity contribution in [2.45, 2.75) is 32.9 Å². The lowest BCUT2D eigenvalue weighted by Gasteiger charge is -2.15. The van der Waals surface area contributed by atoms with Gasteiger partial charge in [-0.3, -0.25) is 0 Å². The predicted molar refractivity (Wildman–Crippen MR) is 72.7 cm³/mol. The van der Waals surface area contributed by atoms with E-state index in [2.05, 4.69) is 6.07 Å². The molecule has 1 aromatic carbocycles. The molecule has 0 fully saturated rings. The van der Waals surface area contributed by atoms with Crippen LogP contribution in [0.1, 0.15) is 31.4 Å². The number of sulfone groups is 1. The summed E-state index contributed by atoms with van der Waals surface area (Å²) in [6, 6.07) is 9.60. The van der Waals surface area contributed by atoms with Crippen molar-refractivity contribution in [3.05, 3.63) is 35.4 Å². The molecule has 0 N–H and O–H groups in total. The van der Waals surface area contributed by atoms with Crippen LogP contribution in [0, 0.1) is 23.7 Å². The SMILES string of the molecule is Cc1ccccc1CS(=O)(=O)CCC(C)(C)C#N. The molecule has 0 aliphatic carbocycles. The van der Waals surface area contributed by atoms with Crippen LogP contribution >= 0.6 is 0 Å². The van der Waals surface area contributed by atoms with E-state index in [4.69, 9.17) is 5.26 Å². The summed E-state index contributed by atoms with van der Waals surface area (Å²) < 4.78 is 24.0. The Morgan fingerprint density at radius 1 is 1.28 bits per heavy atom. The van der Waals surface area contributed by atoms with E-state index < -0.39 is 15.3 Å². The number of hydrogen-bond acceptors (Lipinski definition) is 3. The van der Waals surface area contributed by atoms with Crippen LogP contribution in [0.4, 0.5) is 0 Å². The van der Waals surface area contributed by atoms with Gasteiger partial charge in [-0.25, -0.2) is 8.42 Å². The van der Waals surface area contributed by atoms with Crippen LogP contribution in [0.5, 0.6) is 0 Å². The summed E-state index contributed by atoms with van der Waals surface area (Å²) in [5, 5.41) is 8.88. The van der Waals surface area contributed by atoms with E-state index in [1.807, 2.05) is 31.2 Å². The van der Waals surface area contributed by atoms with Gasteiger partial charge in [0.2, 0.25) is 0 Å². The molecule has 18 heavy (non-hydrogen) atoms. The summed E-state index contributed by atoms with van der Waals surface area (Å²) in [4.78, 5) is 0. The van der Waals surface area contributed by atoms with Crippen LogP contribution in [0.3, 0.4) is 0 Å². The van der Waals surface area contributed by atoms with Crippen molar-refractivity contribution in [1.82, 2.24) is 0 Å². The molecule has 0 atom stereocenters. The van der Waals surface area contributed by atoms with E-state index in [1.165, 1.54) is 0 Å². The van der Waals surface area contributed by atoms with E-state index >= 15 is 0 Å². The summed E-state index contributed by atoms with van der Waals surface area (Å²) >= 11 is 0. The Labute approximate surface area is 109 Å². The average molecular weight is 265 g/mol. The largest absolute Gasteiger partial charge is 0.228 e. The van der Waals surface area contributed by atoms with Gasteiger partial charge in [-0.15, -0.1) is 0 Å². The topological polar surface area (TPSA) is 57.9 Å². The molecule has 0 bridgehead atoms. The molecule has 4 heteroatoms. The second-order valence-corrected chi connectivity index (χ2v) is 7.45. The van der Waals surface area contributed by atoms with Crippen LogP contribution < -0.4 is 0 Å². The van der Waals surface area contributed by atoms with Crippen LogP contribution in [-0.2, 0) is 15.6 Å². The molecule has 98 valence electrons. The van der Waals surface area contributed by atoms with Crippen molar-refractivity contribution in [3.8, 4) is 6.07 Å². The van der Waals surface area contributed by atoms with E-state index in [0.717, 1.165) is 11.1 Å². The van der Waals surface area contributed by atoms with Crippen molar-refractivity contribution in [1.29, 1.82) is 5.26 Å². The minimum absolute atomic E-state index is 0.0567. The normalized spacial score (nSPS) is 12.1. The molecular formula is C14H19NO2S. The standard InChI is InChI=1S/C14H19NO2S/c1-12-6-4-5-7-13(12)10-18(16,17)9-8-14(2,3)11-15/h4-7H,8-10H2,1-3H3. The molecule has 0 radical (unpaired) electrons. The Bertz CT molecular complexity index is 553. The number of aryl methyl sites for hydroxylation is 1. The van der Waals surface area contributed by atoms with Gasteiger partial charge < -0.3 is 0 Å². The molecule has 0 saturated heterocycles. The van der Waals surface area contributed by atoms with Crippen molar-refractivity contribution < 1.29 is 8.42 Å². The minimum atomic E-state index is -3.15. The molecule has 0 heterocycles. The van der Waals surface area contributed by atoms with Gasteiger partial charge in [-0.2, -0.15) is 5.26 Å². The van der Waals surface area contributed by atoms with Gasteiger partial charge in [0, 0.05) is 0 Å². The fourth-order valence-corrected chi connectivity index (χ4v) is 3.31. The van der Waals surface area contributed by atoms with Crippen LogP contribution in [0.2, 0.25) is 0 Å². The van der Waals surface area contributed by atoms with Gasteiger partial charge in [-0.05, 0) is 38.3 Å². The van der Waals surface area contributed by atoms with Gasteiger partial charge >= 0.3 is 0 Å². The smallest absolute Gasteiger partial charge is 0.154 e. The van der Waals surface area contributed by atoms with Crippen LogP contribution in [0.25, 0.3) is 0 Å². The highest BCUT2D eigenvalue weighted by Crippen LogP contribution is 2.21. The van der Waals surface area contributed by atoms with Gasteiger partial charge in [0.25, 0.3) is 0 Å². The van der Waals surface area contributed by atoms with E-state index in [1.54, 1.807) is 13.8 Å². The Balaban J connectivity index is 2.73. The lowest BCUT2D eigenvalue weighted by atomic mass is 9.93. The quantitative estimate of drug-likeness (QED) is 0.822. The summed E-state index contributed by atoms with van der Waals surface area (Å²) in [7, 11) is -3.15. The maximum atomic E-state index is 12.0. The van der Waals surface area contributed by atoms with Gasteiger partial charge in [0.05, 0.1) is 23.0 Å². The van der Waals surface area contributed by atoms with E-state index in [-0.39, 0.29) is 11.5 Å². The number of rotatable bonds is 5. The average Bonchev–Trinajstić information content (AvgIpc) is 2.30. The predicted octanol–water partition coefficient (Wildman–Crippen LogP) is 2.85. The zero-order chi connectivity index (χ0) is 13.8. The molecule has 0 saturated carbocycles. The van der Waals surface area contributed by atoms with Crippen molar-refractivity contribution in [2.75, 3.05) is 5.75 Å². The van der Waals surface area contributed by atoms with Crippen molar-refractivity contribution in [3.63, 3.8) is 0 Å². The summed E-state index contributed by atoms with van der Waals surface area (Å²) in [6.45, 7) is 5.43. The van der Waals surface area contributed by atoms with Crippen molar-refractivity contribution >= 4 is 9.84 Å². The number of nitriles is 1. The zero-order valence-corrected chi connectivity index (χ0v) is 11.9. The maximum absolute atomic E-state index is 12.0. The Kier molecular flexibility index (Phi) is 4.53. The third-order valence-corrected chi connectivity index (χ3v) is 4.55. The highest BCUT2D eigenvalue weighted by Gasteiger charge is 2.21. The number of nitrogens with zero attached hydrogens (tertiary/aromatic N) is 1. The fraction of sp³-hybridized carbons (Fsp3) is 0.500. The number of hydrogen-bond donors (Lipinski definition) is 0. The molecule has 0 aliphatic rings. The third-order valence-electron chi connectivity index (χ3n) is 2.98.